The number of nitrogens with one attached hydrogen (secondary N) is 1. The lowest BCUT2D eigenvalue weighted by Crippen LogP contribution is -2.51. The third-order valence-electron chi connectivity index (χ3n) is 10.4. The molecule has 4 saturated carbocycles. The summed E-state index contributed by atoms with van der Waals surface area (Å²) in [4.78, 5) is 17.4. The van der Waals surface area contributed by atoms with Gasteiger partial charge in [-0.3, -0.25) is 9.69 Å². The van der Waals surface area contributed by atoms with Gasteiger partial charge in [0.2, 0.25) is 10.0 Å². The normalized spacial score (nSPS) is 25.8. The summed E-state index contributed by atoms with van der Waals surface area (Å²) >= 11 is 0. The minimum absolute atomic E-state index is 0.00759. The van der Waals surface area contributed by atoms with Crippen molar-refractivity contribution in [3.63, 3.8) is 0 Å². The summed E-state index contributed by atoms with van der Waals surface area (Å²) in [6, 6.07) is 16.8. The zero-order chi connectivity index (χ0) is 31.9. The van der Waals surface area contributed by atoms with Crippen LogP contribution in [0.2, 0.25) is 0 Å². The highest BCUT2D eigenvalue weighted by Gasteiger charge is 2.52. The Bertz CT molecular complexity index is 1650. The molecule has 1 saturated heterocycles. The fourth-order valence-electron chi connectivity index (χ4n) is 8.96. The molecule has 10 nitrogen and oxygen atoms in total. The summed E-state index contributed by atoms with van der Waals surface area (Å²) in [6.45, 7) is 6.39. The van der Waals surface area contributed by atoms with E-state index in [0.717, 1.165) is 74.4 Å². The van der Waals surface area contributed by atoms with Gasteiger partial charge in [0.1, 0.15) is 11.5 Å². The summed E-state index contributed by atoms with van der Waals surface area (Å²) in [6.07, 6.45) is 6.63. The number of amides is 1. The maximum Gasteiger partial charge on any atom is 0.285 e. The molecule has 4 bridgehead atoms. The van der Waals surface area contributed by atoms with Gasteiger partial charge in [-0.2, -0.15) is 0 Å². The summed E-state index contributed by atoms with van der Waals surface area (Å²) in [7, 11) is -3.78. The number of anilines is 1. The molecule has 3 aromatic rings. The molecule has 2 aromatic carbocycles. The Morgan fingerprint density at radius 2 is 1.65 bits per heavy atom. The molecule has 8 rings (SSSR count). The second-order valence-electron chi connectivity index (χ2n) is 14.0. The molecular weight excluding hydrogens is 602 g/mol. The Balaban J connectivity index is 0.939. The molecule has 2 N–H and O–H groups in total. The number of phenols is 1. The van der Waals surface area contributed by atoms with E-state index in [9.17, 15) is 18.3 Å². The van der Waals surface area contributed by atoms with Crippen molar-refractivity contribution >= 4 is 21.7 Å². The average molecular weight is 646 g/mol. The van der Waals surface area contributed by atoms with E-state index in [1.54, 1.807) is 24.3 Å². The molecule has 0 atom stereocenters. The number of sulfonamides is 1. The highest BCUT2D eigenvalue weighted by molar-refractivity contribution is 7.90. The van der Waals surface area contributed by atoms with Crippen molar-refractivity contribution in [2.75, 3.05) is 43.4 Å². The maximum atomic E-state index is 13.1. The number of rotatable bonds is 10. The Hall–Kier alpha value is -3.70. The number of carbonyl (C=O) groups is 1. The molecule has 1 aliphatic heterocycles. The van der Waals surface area contributed by atoms with E-state index in [0.29, 0.717) is 30.2 Å². The van der Waals surface area contributed by atoms with Crippen LogP contribution in [-0.2, 0) is 16.6 Å². The van der Waals surface area contributed by atoms with Crippen molar-refractivity contribution in [2.24, 2.45) is 23.2 Å². The minimum Gasteiger partial charge on any atom is -0.508 e. The SMILES string of the molecule is CCOc1cc(CN2CCN(c3ccc(C(=O)NS(=O)(=O)CC45CC6CC(CC(C6)C4)C5)nn3)CC2)cc(-c2cccc(O)c2)c1. The number of nitrogens with zero attached hydrogens (tertiary/aromatic N) is 4. The van der Waals surface area contributed by atoms with E-state index in [1.165, 1.54) is 19.3 Å². The van der Waals surface area contributed by atoms with E-state index in [-0.39, 0.29) is 22.6 Å². The molecular formula is C35H43N5O5S. The molecule has 0 radical (unpaired) electrons. The second kappa shape index (κ2) is 12.5. The summed E-state index contributed by atoms with van der Waals surface area (Å²) in [5.74, 6) is 2.94. The van der Waals surface area contributed by atoms with E-state index < -0.39 is 15.9 Å². The minimum atomic E-state index is -3.78. The lowest BCUT2D eigenvalue weighted by Gasteiger charge is -2.56. The Morgan fingerprint density at radius 3 is 2.28 bits per heavy atom. The average Bonchev–Trinajstić information content (AvgIpc) is 3.00. The van der Waals surface area contributed by atoms with Crippen LogP contribution in [0.4, 0.5) is 5.82 Å². The molecule has 1 aromatic heterocycles. The first kappa shape index (κ1) is 30.9. The molecule has 5 fully saturated rings. The first-order valence-corrected chi connectivity index (χ1v) is 18.2. The quantitative estimate of drug-likeness (QED) is 0.319. The van der Waals surface area contributed by atoms with Gasteiger partial charge in [-0.15, -0.1) is 10.2 Å². The zero-order valence-corrected chi connectivity index (χ0v) is 27.2. The third-order valence-corrected chi connectivity index (χ3v) is 11.8. The third kappa shape index (κ3) is 6.85. The predicted octanol–water partition coefficient (Wildman–Crippen LogP) is 4.85. The van der Waals surface area contributed by atoms with Crippen molar-refractivity contribution in [2.45, 2.75) is 52.0 Å². The highest BCUT2D eigenvalue weighted by Crippen LogP contribution is 2.60. The van der Waals surface area contributed by atoms with E-state index in [4.69, 9.17) is 4.74 Å². The lowest BCUT2D eigenvalue weighted by molar-refractivity contribution is -0.0391. The molecule has 244 valence electrons. The van der Waals surface area contributed by atoms with E-state index >= 15 is 0 Å². The van der Waals surface area contributed by atoms with Crippen molar-refractivity contribution in [3.05, 3.63) is 65.9 Å². The zero-order valence-electron chi connectivity index (χ0n) is 26.4. The van der Waals surface area contributed by atoms with Gasteiger partial charge in [0, 0.05) is 32.7 Å². The van der Waals surface area contributed by atoms with Crippen molar-refractivity contribution < 1.29 is 23.1 Å². The van der Waals surface area contributed by atoms with Crippen molar-refractivity contribution in [3.8, 4) is 22.6 Å². The van der Waals surface area contributed by atoms with Crippen LogP contribution >= 0.6 is 0 Å². The maximum absolute atomic E-state index is 13.1. The summed E-state index contributed by atoms with van der Waals surface area (Å²) in [5, 5.41) is 18.4. The fraction of sp³-hybridized carbons (Fsp3) is 0.514. The van der Waals surface area contributed by atoms with Crippen LogP contribution in [-0.4, -0.2) is 73.1 Å². The van der Waals surface area contributed by atoms with Crippen LogP contribution in [0, 0.1) is 23.2 Å². The number of hydrogen-bond acceptors (Lipinski definition) is 9. The van der Waals surface area contributed by atoms with Gasteiger partial charge in [0.15, 0.2) is 11.5 Å². The van der Waals surface area contributed by atoms with E-state index in [2.05, 4.69) is 36.9 Å². The van der Waals surface area contributed by atoms with Crippen molar-refractivity contribution in [1.82, 2.24) is 19.8 Å². The van der Waals surface area contributed by atoms with Crippen LogP contribution in [0.15, 0.2) is 54.6 Å². The molecule has 2 heterocycles. The second-order valence-corrected chi connectivity index (χ2v) is 15.7. The monoisotopic (exact) mass is 645 g/mol. The molecule has 4 aliphatic carbocycles. The number of phenolic OH excluding ortho intramolecular Hbond substituents is 1. The first-order chi connectivity index (χ1) is 22.1. The molecule has 1 amide bonds. The molecule has 46 heavy (non-hydrogen) atoms. The van der Waals surface area contributed by atoms with Gasteiger partial charge in [0.25, 0.3) is 5.91 Å². The molecule has 11 heteroatoms. The van der Waals surface area contributed by atoms with E-state index in [1.807, 2.05) is 25.1 Å². The molecule has 5 aliphatic rings. The number of aromatic nitrogens is 2. The van der Waals surface area contributed by atoms with Crippen LogP contribution < -0.4 is 14.4 Å². The van der Waals surface area contributed by atoms with Crippen LogP contribution in [0.3, 0.4) is 0 Å². The van der Waals surface area contributed by atoms with Crippen LogP contribution in [0.25, 0.3) is 11.1 Å². The number of carbonyl (C=O) groups excluding carboxylic acids is 1. The van der Waals surface area contributed by atoms with Crippen LogP contribution in [0.5, 0.6) is 11.5 Å². The van der Waals surface area contributed by atoms with Gasteiger partial charge < -0.3 is 14.7 Å². The van der Waals surface area contributed by atoms with Gasteiger partial charge in [-0.1, -0.05) is 12.1 Å². The first-order valence-electron chi connectivity index (χ1n) is 16.6. The number of hydrogen-bond donors (Lipinski definition) is 2. The summed E-state index contributed by atoms with van der Waals surface area (Å²) in [5.41, 5.74) is 2.89. The number of benzene rings is 2. The van der Waals surface area contributed by atoms with Crippen molar-refractivity contribution in [1.29, 1.82) is 0 Å². The Labute approximate surface area is 271 Å². The smallest absolute Gasteiger partial charge is 0.285 e. The molecule has 0 unspecified atom stereocenters. The Kier molecular flexibility index (Phi) is 8.39. The fourth-order valence-corrected chi connectivity index (χ4v) is 10.6. The highest BCUT2D eigenvalue weighted by atomic mass is 32.2. The Morgan fingerprint density at radius 1 is 0.935 bits per heavy atom. The predicted molar refractivity (Wildman–Crippen MR) is 176 cm³/mol. The molecule has 0 spiro atoms. The summed E-state index contributed by atoms with van der Waals surface area (Å²) < 4.78 is 34.4. The lowest BCUT2D eigenvalue weighted by atomic mass is 9.50. The van der Waals surface area contributed by atoms with Gasteiger partial charge in [0.05, 0.1) is 12.4 Å². The standard InChI is InChI=1S/C35H43N5O5S/c1-2-45-31-16-27(15-29(18-31)28-4-3-5-30(41)17-28)22-39-8-10-40(11-9-39)33-7-6-32(36-37-33)34(42)38-46(43,44)23-35-19-24-12-25(20-35)14-26(13-24)21-35/h3-7,15-18,24-26,41H,2,8-14,19-23H2,1H3,(H,38,42). The van der Waals surface area contributed by atoms with Gasteiger partial charge in [-0.25, -0.2) is 13.1 Å². The van der Waals surface area contributed by atoms with Gasteiger partial charge >= 0.3 is 0 Å². The largest absolute Gasteiger partial charge is 0.508 e. The topological polar surface area (TPSA) is 125 Å². The van der Waals surface area contributed by atoms with Gasteiger partial charge in [-0.05, 0) is 128 Å². The number of aromatic hydroxyl groups is 1. The van der Waals surface area contributed by atoms with Crippen LogP contribution in [0.1, 0.15) is 61.5 Å². The number of piperazine rings is 1. The number of ether oxygens (including phenoxy) is 1.